The lowest BCUT2D eigenvalue weighted by atomic mass is 10.0. The molecule has 0 atom stereocenters. The fourth-order valence-electron chi connectivity index (χ4n) is 3.14. The zero-order valence-corrected chi connectivity index (χ0v) is 17.6. The number of H-pyrrole nitrogens is 1. The van der Waals surface area contributed by atoms with Crippen molar-refractivity contribution < 1.29 is 13.5 Å². The molecule has 7 heteroatoms. The van der Waals surface area contributed by atoms with Crippen LogP contribution in [-0.4, -0.2) is 15.2 Å². The second-order valence-corrected chi connectivity index (χ2v) is 8.59. The van der Waals surface area contributed by atoms with Gasteiger partial charge in [-0.05, 0) is 66.9 Å². The fourth-order valence-corrected chi connectivity index (χ4v) is 3.64. The maximum absolute atomic E-state index is 14.2. The molecule has 0 amide bonds. The Morgan fingerprint density at radius 2 is 1.80 bits per heavy atom. The molecular weight excluding hydrogens is 404 g/mol. The van der Waals surface area contributed by atoms with Crippen LogP contribution in [0.15, 0.2) is 54.7 Å². The zero-order chi connectivity index (χ0) is 21.3. The predicted octanol–water partition coefficient (Wildman–Crippen LogP) is 7.08. The van der Waals surface area contributed by atoms with Crippen molar-refractivity contribution in [1.82, 2.24) is 9.97 Å². The molecule has 0 spiro atoms. The highest BCUT2D eigenvalue weighted by Gasteiger charge is 2.16. The van der Waals surface area contributed by atoms with Crippen LogP contribution >= 0.6 is 11.9 Å². The first kappa shape index (κ1) is 20.2. The van der Waals surface area contributed by atoms with Gasteiger partial charge >= 0.3 is 0 Å². The molecule has 0 saturated heterocycles. The molecule has 30 heavy (non-hydrogen) atoms. The molecule has 0 aliphatic carbocycles. The molecule has 2 heterocycles. The molecule has 2 N–H and O–H groups in total. The van der Waals surface area contributed by atoms with Gasteiger partial charge < -0.3 is 14.4 Å². The van der Waals surface area contributed by atoms with E-state index in [0.29, 0.717) is 11.0 Å². The summed E-state index contributed by atoms with van der Waals surface area (Å²) >= 11 is 1.60. The number of aromatic nitrogens is 2. The number of rotatable bonds is 6. The molecule has 0 fully saturated rings. The Morgan fingerprint density at radius 1 is 1.00 bits per heavy atom. The summed E-state index contributed by atoms with van der Waals surface area (Å²) in [5.74, 6) is -0.972. The molecule has 0 radical (unpaired) electrons. The monoisotopic (exact) mass is 425 g/mol. The number of aryl methyl sites for hydroxylation is 1. The van der Waals surface area contributed by atoms with Crippen LogP contribution in [0.3, 0.4) is 0 Å². The summed E-state index contributed by atoms with van der Waals surface area (Å²) < 4.78 is 36.8. The number of nitrogens with zero attached hydrogens (tertiary/aromatic N) is 1. The van der Waals surface area contributed by atoms with Crippen molar-refractivity contribution in [3.05, 3.63) is 72.1 Å². The average molecular weight is 426 g/mol. The van der Waals surface area contributed by atoms with E-state index < -0.39 is 11.6 Å². The molecule has 2 aromatic carbocycles. The quantitative estimate of drug-likeness (QED) is 0.324. The summed E-state index contributed by atoms with van der Waals surface area (Å²) in [4.78, 5) is 7.66. The van der Waals surface area contributed by atoms with E-state index in [1.54, 1.807) is 18.0 Å². The summed E-state index contributed by atoms with van der Waals surface area (Å²) in [7, 11) is 0. The van der Waals surface area contributed by atoms with Gasteiger partial charge in [-0.3, -0.25) is 0 Å². The van der Waals surface area contributed by atoms with E-state index in [4.69, 9.17) is 4.74 Å². The lowest BCUT2D eigenvalue weighted by Gasteiger charge is -2.16. The Balaban J connectivity index is 1.84. The van der Waals surface area contributed by atoms with Gasteiger partial charge in [0.2, 0.25) is 0 Å². The SMILES string of the molecule is Cc1cc(-c2cc(NSC(C)C)ccc2Oc2ccc(F)cc2F)c2cc[nH]c2n1. The summed E-state index contributed by atoms with van der Waals surface area (Å²) in [6.07, 6.45) is 1.83. The summed E-state index contributed by atoms with van der Waals surface area (Å²) in [6.45, 7) is 6.12. The first-order valence-corrected chi connectivity index (χ1v) is 10.4. The third kappa shape index (κ3) is 4.26. The average Bonchev–Trinajstić information content (AvgIpc) is 3.17. The van der Waals surface area contributed by atoms with Crippen molar-refractivity contribution >= 4 is 28.7 Å². The van der Waals surface area contributed by atoms with Crippen molar-refractivity contribution in [3.8, 4) is 22.6 Å². The lowest BCUT2D eigenvalue weighted by Crippen LogP contribution is -1.97. The Kier molecular flexibility index (Phi) is 5.63. The largest absolute Gasteiger partial charge is 0.454 e. The van der Waals surface area contributed by atoms with E-state index in [1.165, 1.54) is 12.1 Å². The van der Waals surface area contributed by atoms with Crippen molar-refractivity contribution in [2.45, 2.75) is 26.0 Å². The van der Waals surface area contributed by atoms with Crippen molar-refractivity contribution in [2.24, 2.45) is 0 Å². The summed E-state index contributed by atoms with van der Waals surface area (Å²) in [5, 5.41) is 1.33. The second kappa shape index (κ2) is 8.36. The number of benzene rings is 2. The van der Waals surface area contributed by atoms with Gasteiger partial charge in [-0.1, -0.05) is 13.8 Å². The smallest absolute Gasteiger partial charge is 0.168 e. The number of nitrogens with one attached hydrogen (secondary N) is 2. The minimum atomic E-state index is -0.754. The Labute approximate surface area is 177 Å². The highest BCUT2D eigenvalue weighted by Crippen LogP contribution is 2.40. The highest BCUT2D eigenvalue weighted by atomic mass is 32.2. The van der Waals surface area contributed by atoms with Crippen LogP contribution in [0.5, 0.6) is 11.5 Å². The molecule has 4 aromatic rings. The Hall–Kier alpha value is -3.06. The van der Waals surface area contributed by atoms with Crippen LogP contribution in [-0.2, 0) is 0 Å². The molecule has 154 valence electrons. The van der Waals surface area contributed by atoms with Gasteiger partial charge in [-0.15, -0.1) is 0 Å². The van der Waals surface area contributed by atoms with Crippen LogP contribution in [0.2, 0.25) is 0 Å². The van der Waals surface area contributed by atoms with E-state index in [2.05, 4.69) is 28.5 Å². The number of fused-ring (bicyclic) bond motifs is 1. The van der Waals surface area contributed by atoms with Gasteiger partial charge in [-0.25, -0.2) is 13.8 Å². The van der Waals surface area contributed by atoms with Crippen LogP contribution < -0.4 is 9.46 Å². The third-order valence-corrected chi connectivity index (χ3v) is 5.28. The van der Waals surface area contributed by atoms with Crippen LogP contribution in [0.25, 0.3) is 22.2 Å². The van der Waals surface area contributed by atoms with E-state index in [-0.39, 0.29) is 5.75 Å². The molecule has 0 bridgehead atoms. The van der Waals surface area contributed by atoms with E-state index in [1.807, 2.05) is 37.4 Å². The number of anilines is 1. The minimum Gasteiger partial charge on any atom is -0.454 e. The number of ether oxygens (including phenoxy) is 1. The van der Waals surface area contributed by atoms with Crippen molar-refractivity contribution in [1.29, 1.82) is 0 Å². The molecule has 0 unspecified atom stereocenters. The number of pyridine rings is 1. The highest BCUT2D eigenvalue weighted by molar-refractivity contribution is 8.01. The third-order valence-electron chi connectivity index (χ3n) is 4.45. The molecule has 0 aliphatic rings. The topological polar surface area (TPSA) is 49.9 Å². The standard InChI is InChI=1S/C23H21F2N3OS/c1-13(2)30-28-16-5-7-21(29-22-6-4-15(24)11-20(22)25)19(12-16)18-10-14(3)27-23-17(18)8-9-26-23/h4-13,28H,1-3H3,(H,26,27). The number of hydrogen-bond acceptors (Lipinski definition) is 4. The number of halogens is 2. The van der Waals surface area contributed by atoms with Gasteiger partial charge in [0, 0.05) is 39.8 Å². The maximum atomic E-state index is 14.2. The molecule has 4 nitrogen and oxygen atoms in total. The van der Waals surface area contributed by atoms with Gasteiger partial charge in [0.15, 0.2) is 11.6 Å². The van der Waals surface area contributed by atoms with Crippen molar-refractivity contribution in [3.63, 3.8) is 0 Å². The Morgan fingerprint density at radius 3 is 2.57 bits per heavy atom. The number of hydrogen-bond donors (Lipinski definition) is 2. The fraction of sp³-hybridized carbons (Fsp3) is 0.174. The number of aromatic amines is 1. The van der Waals surface area contributed by atoms with Gasteiger partial charge in [-0.2, -0.15) is 0 Å². The lowest BCUT2D eigenvalue weighted by molar-refractivity contribution is 0.439. The van der Waals surface area contributed by atoms with E-state index in [0.717, 1.165) is 39.6 Å². The molecule has 2 aromatic heterocycles. The molecule has 0 saturated carbocycles. The van der Waals surface area contributed by atoms with Gasteiger partial charge in [0.05, 0.1) is 0 Å². The van der Waals surface area contributed by atoms with E-state index in [9.17, 15) is 8.78 Å². The zero-order valence-electron chi connectivity index (χ0n) is 16.8. The van der Waals surface area contributed by atoms with Gasteiger partial charge in [0.25, 0.3) is 0 Å². The minimum absolute atomic E-state index is 0.0361. The molecule has 4 rings (SSSR count). The van der Waals surface area contributed by atoms with Crippen molar-refractivity contribution in [2.75, 3.05) is 4.72 Å². The second-order valence-electron chi connectivity index (χ2n) is 7.21. The molecule has 0 aliphatic heterocycles. The van der Waals surface area contributed by atoms with Crippen LogP contribution in [0, 0.1) is 18.6 Å². The first-order chi connectivity index (χ1) is 14.4. The summed E-state index contributed by atoms with van der Waals surface area (Å²) in [6, 6.07) is 12.8. The van der Waals surface area contributed by atoms with Crippen LogP contribution in [0.1, 0.15) is 19.5 Å². The normalized spacial score (nSPS) is 11.3. The van der Waals surface area contributed by atoms with Gasteiger partial charge in [0.1, 0.15) is 17.2 Å². The van der Waals surface area contributed by atoms with Crippen LogP contribution in [0.4, 0.5) is 14.5 Å². The summed E-state index contributed by atoms with van der Waals surface area (Å²) in [5.41, 5.74) is 4.19. The van der Waals surface area contributed by atoms with E-state index >= 15 is 0 Å². The Bertz CT molecular complexity index is 1210. The predicted molar refractivity (Wildman–Crippen MR) is 119 cm³/mol. The molecular formula is C23H21F2N3OS. The maximum Gasteiger partial charge on any atom is 0.168 e. The first-order valence-electron chi connectivity index (χ1n) is 9.54.